The van der Waals surface area contributed by atoms with Crippen LogP contribution in [0.5, 0.6) is 5.75 Å². The highest BCUT2D eigenvalue weighted by molar-refractivity contribution is 6.42. The number of nitrogens with one attached hydrogen (secondary N) is 2. The predicted molar refractivity (Wildman–Crippen MR) is 101 cm³/mol. The van der Waals surface area contributed by atoms with E-state index in [0.29, 0.717) is 42.2 Å². The van der Waals surface area contributed by atoms with Gasteiger partial charge in [-0.3, -0.25) is 4.99 Å². The van der Waals surface area contributed by atoms with Crippen LogP contribution in [0.3, 0.4) is 0 Å². The van der Waals surface area contributed by atoms with Crippen molar-refractivity contribution in [2.75, 3.05) is 46.6 Å². The Bertz CT molecular complexity index is 552. The Morgan fingerprint density at radius 1 is 1.28 bits per heavy atom. The third kappa shape index (κ3) is 7.28. The van der Waals surface area contributed by atoms with Crippen molar-refractivity contribution in [3.05, 3.63) is 28.2 Å². The average Bonchev–Trinajstić information content (AvgIpc) is 3.13. The van der Waals surface area contributed by atoms with Crippen molar-refractivity contribution in [3.63, 3.8) is 0 Å². The fourth-order valence-electron chi connectivity index (χ4n) is 2.32. The minimum absolute atomic E-state index is 0.257. The zero-order valence-electron chi connectivity index (χ0n) is 14.4. The van der Waals surface area contributed by atoms with Crippen LogP contribution in [0.2, 0.25) is 10.0 Å². The molecule has 0 saturated carbocycles. The molecule has 140 valence electrons. The minimum Gasteiger partial charge on any atom is -0.490 e. The van der Waals surface area contributed by atoms with Gasteiger partial charge in [-0.15, -0.1) is 0 Å². The Morgan fingerprint density at radius 2 is 2.12 bits per heavy atom. The molecule has 8 heteroatoms. The molecular weight excluding hydrogens is 365 g/mol. The van der Waals surface area contributed by atoms with Crippen molar-refractivity contribution in [2.45, 2.75) is 18.9 Å². The molecule has 0 amide bonds. The third-order valence-corrected chi connectivity index (χ3v) is 4.45. The van der Waals surface area contributed by atoms with Crippen LogP contribution in [-0.2, 0) is 9.47 Å². The van der Waals surface area contributed by atoms with Gasteiger partial charge in [0, 0.05) is 26.8 Å². The zero-order chi connectivity index (χ0) is 17.9. The van der Waals surface area contributed by atoms with Gasteiger partial charge in [0.15, 0.2) is 5.96 Å². The van der Waals surface area contributed by atoms with E-state index in [2.05, 4.69) is 15.6 Å². The Labute approximate surface area is 158 Å². The van der Waals surface area contributed by atoms with Gasteiger partial charge in [0.05, 0.1) is 24.3 Å². The number of halogens is 2. The number of hydrogen-bond donors (Lipinski definition) is 2. The van der Waals surface area contributed by atoms with E-state index in [0.717, 1.165) is 32.0 Å². The molecule has 1 aromatic carbocycles. The van der Waals surface area contributed by atoms with Crippen molar-refractivity contribution in [1.29, 1.82) is 0 Å². The summed E-state index contributed by atoms with van der Waals surface area (Å²) < 4.78 is 16.6. The van der Waals surface area contributed by atoms with Gasteiger partial charge in [0.2, 0.25) is 0 Å². The monoisotopic (exact) mass is 389 g/mol. The highest BCUT2D eigenvalue weighted by Crippen LogP contribution is 2.31. The predicted octanol–water partition coefficient (Wildman–Crippen LogP) is 2.73. The van der Waals surface area contributed by atoms with Crippen LogP contribution < -0.4 is 15.4 Å². The molecule has 1 aromatic rings. The SMILES string of the molecule is CN=C(NCCCOC1CCOC1)NCCOc1cccc(Cl)c1Cl. The molecular formula is C17H25Cl2N3O3. The molecule has 0 radical (unpaired) electrons. The van der Waals surface area contributed by atoms with Crippen LogP contribution in [-0.4, -0.2) is 58.6 Å². The molecule has 0 aliphatic carbocycles. The molecule has 1 aliphatic rings. The summed E-state index contributed by atoms with van der Waals surface area (Å²) in [5.41, 5.74) is 0. The molecule has 25 heavy (non-hydrogen) atoms. The second kappa shape index (κ2) is 11.4. The highest BCUT2D eigenvalue weighted by atomic mass is 35.5. The van der Waals surface area contributed by atoms with Gasteiger partial charge >= 0.3 is 0 Å². The summed E-state index contributed by atoms with van der Waals surface area (Å²) >= 11 is 12.0. The maximum Gasteiger partial charge on any atom is 0.191 e. The lowest BCUT2D eigenvalue weighted by molar-refractivity contribution is 0.0420. The number of benzene rings is 1. The summed E-state index contributed by atoms with van der Waals surface area (Å²) in [4.78, 5) is 4.17. The molecule has 1 atom stereocenters. The number of rotatable bonds is 9. The minimum atomic E-state index is 0.257. The number of hydrogen-bond acceptors (Lipinski definition) is 4. The van der Waals surface area contributed by atoms with Crippen LogP contribution in [0.4, 0.5) is 0 Å². The van der Waals surface area contributed by atoms with Crippen molar-refractivity contribution in [2.24, 2.45) is 4.99 Å². The summed E-state index contributed by atoms with van der Waals surface area (Å²) in [6, 6.07) is 5.32. The fourth-order valence-corrected chi connectivity index (χ4v) is 2.67. The molecule has 1 saturated heterocycles. The molecule has 0 aromatic heterocycles. The normalized spacial score (nSPS) is 17.6. The first-order valence-corrected chi connectivity index (χ1v) is 9.17. The number of ether oxygens (including phenoxy) is 3. The molecule has 0 spiro atoms. The van der Waals surface area contributed by atoms with Gasteiger partial charge in [-0.2, -0.15) is 0 Å². The summed E-state index contributed by atoms with van der Waals surface area (Å²) in [5, 5.41) is 7.33. The Kier molecular flexibility index (Phi) is 9.18. The van der Waals surface area contributed by atoms with Gasteiger partial charge < -0.3 is 24.8 Å². The van der Waals surface area contributed by atoms with Crippen LogP contribution in [0.1, 0.15) is 12.8 Å². The van der Waals surface area contributed by atoms with E-state index in [9.17, 15) is 0 Å². The third-order valence-electron chi connectivity index (χ3n) is 3.65. The standard InChI is InChI=1S/C17H25Cl2N3O3/c1-20-17(21-7-3-9-24-13-6-10-23-12-13)22-8-11-25-15-5-2-4-14(18)16(15)19/h2,4-5,13H,3,6-12H2,1H3,(H2,20,21,22). The second-order valence-electron chi connectivity index (χ2n) is 5.54. The number of aliphatic imine (C=N–C) groups is 1. The van der Waals surface area contributed by atoms with Gasteiger partial charge in [-0.05, 0) is 25.0 Å². The summed E-state index contributed by atoms with van der Waals surface area (Å²) in [5.74, 6) is 1.30. The van der Waals surface area contributed by atoms with E-state index in [1.165, 1.54) is 0 Å². The maximum atomic E-state index is 6.07. The van der Waals surface area contributed by atoms with Gasteiger partial charge in [-0.1, -0.05) is 29.3 Å². The van der Waals surface area contributed by atoms with Gasteiger partial charge in [0.1, 0.15) is 17.4 Å². The Balaban J connectivity index is 1.54. The lowest BCUT2D eigenvalue weighted by Gasteiger charge is -2.14. The number of nitrogens with zero attached hydrogens (tertiary/aromatic N) is 1. The van der Waals surface area contributed by atoms with Crippen LogP contribution in [0, 0.1) is 0 Å². The van der Waals surface area contributed by atoms with Crippen LogP contribution in [0.15, 0.2) is 23.2 Å². The van der Waals surface area contributed by atoms with Crippen LogP contribution >= 0.6 is 23.2 Å². The lowest BCUT2D eigenvalue weighted by Crippen LogP contribution is -2.40. The Morgan fingerprint density at radius 3 is 2.88 bits per heavy atom. The molecule has 0 bridgehead atoms. The molecule has 2 rings (SSSR count). The molecule has 1 aliphatic heterocycles. The smallest absolute Gasteiger partial charge is 0.191 e. The second-order valence-corrected chi connectivity index (χ2v) is 6.32. The molecule has 2 N–H and O–H groups in total. The van der Waals surface area contributed by atoms with Crippen molar-refractivity contribution >= 4 is 29.2 Å². The summed E-state index contributed by atoms with van der Waals surface area (Å²) in [7, 11) is 1.73. The molecule has 1 unspecified atom stereocenters. The zero-order valence-corrected chi connectivity index (χ0v) is 15.9. The Hall–Kier alpha value is -1.21. The van der Waals surface area contributed by atoms with E-state index >= 15 is 0 Å². The fraction of sp³-hybridized carbons (Fsp3) is 0.588. The topological polar surface area (TPSA) is 64.1 Å². The van der Waals surface area contributed by atoms with Gasteiger partial charge in [-0.25, -0.2) is 0 Å². The molecule has 1 heterocycles. The van der Waals surface area contributed by atoms with E-state index in [4.69, 9.17) is 37.4 Å². The summed E-state index contributed by atoms with van der Waals surface area (Å²) in [6.07, 6.45) is 2.16. The molecule has 1 fully saturated rings. The van der Waals surface area contributed by atoms with Crippen molar-refractivity contribution in [3.8, 4) is 5.75 Å². The first kappa shape index (κ1) is 20.1. The van der Waals surface area contributed by atoms with E-state index in [1.807, 2.05) is 0 Å². The summed E-state index contributed by atoms with van der Waals surface area (Å²) in [6.45, 7) is 4.07. The van der Waals surface area contributed by atoms with Gasteiger partial charge in [0.25, 0.3) is 0 Å². The van der Waals surface area contributed by atoms with E-state index < -0.39 is 0 Å². The number of guanidine groups is 1. The van der Waals surface area contributed by atoms with Crippen molar-refractivity contribution < 1.29 is 14.2 Å². The maximum absolute atomic E-state index is 6.07. The van der Waals surface area contributed by atoms with E-state index in [1.54, 1.807) is 25.2 Å². The first-order valence-electron chi connectivity index (χ1n) is 8.41. The van der Waals surface area contributed by atoms with Crippen molar-refractivity contribution in [1.82, 2.24) is 10.6 Å². The molecule has 6 nitrogen and oxygen atoms in total. The lowest BCUT2D eigenvalue weighted by atomic mass is 10.3. The largest absolute Gasteiger partial charge is 0.490 e. The quantitative estimate of drug-likeness (QED) is 0.386. The average molecular weight is 390 g/mol. The van der Waals surface area contributed by atoms with Crippen LogP contribution in [0.25, 0.3) is 0 Å². The first-order chi connectivity index (χ1) is 12.2. The highest BCUT2D eigenvalue weighted by Gasteiger charge is 2.15. The van der Waals surface area contributed by atoms with E-state index in [-0.39, 0.29) is 6.10 Å².